The fourth-order valence-electron chi connectivity index (χ4n) is 3.47. The minimum Gasteiger partial charge on any atom is -0.344 e. The Balaban J connectivity index is 2.03. The molecule has 1 atom stereocenters. The second-order valence-corrected chi connectivity index (χ2v) is 5.83. The van der Waals surface area contributed by atoms with Crippen molar-refractivity contribution >= 4 is 11.6 Å². The van der Waals surface area contributed by atoms with Crippen LogP contribution in [0, 0.1) is 0 Å². The van der Waals surface area contributed by atoms with Gasteiger partial charge in [0.15, 0.2) is 5.78 Å². The maximum absolute atomic E-state index is 12.5. The van der Waals surface area contributed by atoms with Crippen molar-refractivity contribution in [2.45, 2.75) is 25.2 Å². The van der Waals surface area contributed by atoms with Crippen LogP contribution in [-0.2, 0) is 4.79 Å². The summed E-state index contributed by atoms with van der Waals surface area (Å²) in [4.78, 5) is 41.4. The summed E-state index contributed by atoms with van der Waals surface area (Å²) >= 11 is 0. The maximum atomic E-state index is 12.5. The van der Waals surface area contributed by atoms with Crippen LogP contribution in [0.25, 0.3) is 0 Å². The Morgan fingerprint density at radius 1 is 0.957 bits per heavy atom. The molecule has 0 spiro atoms. The number of allylic oxidation sites excluding steroid dienone is 2. The summed E-state index contributed by atoms with van der Waals surface area (Å²) < 4.78 is 0. The Labute approximate surface area is 131 Å². The highest BCUT2D eigenvalue weighted by Gasteiger charge is 2.37. The van der Waals surface area contributed by atoms with Gasteiger partial charge in [-0.1, -0.05) is 30.3 Å². The minimum atomic E-state index is -0.556. The van der Waals surface area contributed by atoms with Crippen LogP contribution in [0.3, 0.4) is 0 Å². The molecule has 1 aromatic heterocycles. The average Bonchev–Trinajstić information content (AvgIpc) is 2.54. The highest BCUT2D eigenvalue weighted by molar-refractivity contribution is 6.00. The molecule has 2 heterocycles. The van der Waals surface area contributed by atoms with E-state index in [1.165, 1.54) is 0 Å². The number of nitrogens with one attached hydrogen (secondary N) is 3. The van der Waals surface area contributed by atoms with Crippen LogP contribution in [0.4, 0.5) is 5.82 Å². The molecule has 0 amide bonds. The molecule has 4 rings (SSSR count). The lowest BCUT2D eigenvalue weighted by atomic mass is 9.76. The number of fused-ring (bicyclic) bond motifs is 1. The fraction of sp³-hybridized carbons (Fsp3) is 0.235. The third-order valence-electron chi connectivity index (χ3n) is 4.42. The van der Waals surface area contributed by atoms with Gasteiger partial charge in [0.2, 0.25) is 0 Å². The molecule has 1 aliphatic heterocycles. The van der Waals surface area contributed by atoms with Crippen LogP contribution < -0.4 is 16.6 Å². The summed E-state index contributed by atoms with van der Waals surface area (Å²) in [5.41, 5.74) is 1.70. The van der Waals surface area contributed by atoms with Crippen LogP contribution in [0.2, 0.25) is 0 Å². The van der Waals surface area contributed by atoms with Gasteiger partial charge >= 0.3 is 5.69 Å². The van der Waals surface area contributed by atoms with Crippen molar-refractivity contribution < 1.29 is 4.79 Å². The molecule has 116 valence electrons. The van der Waals surface area contributed by atoms with E-state index in [9.17, 15) is 14.4 Å². The molecule has 0 fully saturated rings. The van der Waals surface area contributed by atoms with Gasteiger partial charge in [-0.2, -0.15) is 0 Å². The molecule has 2 aromatic rings. The monoisotopic (exact) mass is 309 g/mol. The lowest BCUT2D eigenvalue weighted by Crippen LogP contribution is -2.36. The summed E-state index contributed by atoms with van der Waals surface area (Å²) in [6.07, 6.45) is 1.99. The fourth-order valence-corrected chi connectivity index (χ4v) is 3.47. The van der Waals surface area contributed by atoms with Gasteiger partial charge in [-0.05, 0) is 18.4 Å². The van der Waals surface area contributed by atoms with E-state index in [1.807, 2.05) is 30.3 Å². The molecule has 1 aromatic carbocycles. The number of ketones is 1. The van der Waals surface area contributed by atoms with E-state index >= 15 is 0 Å². The zero-order chi connectivity index (χ0) is 16.0. The van der Waals surface area contributed by atoms with Crippen molar-refractivity contribution in [2.24, 2.45) is 0 Å². The SMILES string of the molecule is O=C1CCCC2=C1[C@@H](c1ccccc1)c1c([nH]c(=O)[nH]c1=O)N2. The highest BCUT2D eigenvalue weighted by Crippen LogP contribution is 2.42. The third-order valence-corrected chi connectivity index (χ3v) is 4.42. The number of aromatic amines is 2. The van der Waals surface area contributed by atoms with Crippen LogP contribution in [0.5, 0.6) is 0 Å². The number of hydrogen-bond donors (Lipinski definition) is 3. The number of H-pyrrole nitrogens is 2. The largest absolute Gasteiger partial charge is 0.344 e. The molecule has 6 heteroatoms. The Hall–Kier alpha value is -2.89. The number of Topliss-reactive ketones (excluding diaryl/α,β-unsaturated/α-hetero) is 1. The second-order valence-electron chi connectivity index (χ2n) is 5.83. The third kappa shape index (κ3) is 2.14. The number of benzene rings is 1. The molecule has 2 aliphatic rings. The number of hydrogen-bond acceptors (Lipinski definition) is 4. The van der Waals surface area contributed by atoms with Crippen molar-refractivity contribution in [1.82, 2.24) is 9.97 Å². The maximum Gasteiger partial charge on any atom is 0.327 e. The smallest absolute Gasteiger partial charge is 0.327 e. The molecule has 6 nitrogen and oxygen atoms in total. The first kappa shape index (κ1) is 13.8. The second kappa shape index (κ2) is 5.08. The molecule has 0 unspecified atom stereocenters. The number of rotatable bonds is 1. The van der Waals surface area contributed by atoms with E-state index in [-0.39, 0.29) is 5.78 Å². The predicted octanol–water partition coefficient (Wildman–Crippen LogP) is 1.63. The van der Waals surface area contributed by atoms with Crippen LogP contribution in [-0.4, -0.2) is 15.8 Å². The van der Waals surface area contributed by atoms with E-state index in [0.717, 1.165) is 24.1 Å². The lowest BCUT2D eigenvalue weighted by molar-refractivity contribution is -0.116. The Bertz CT molecular complexity index is 938. The molecule has 0 saturated heterocycles. The van der Waals surface area contributed by atoms with Gasteiger partial charge in [0.25, 0.3) is 5.56 Å². The number of carbonyl (C=O) groups is 1. The van der Waals surface area contributed by atoms with E-state index in [1.54, 1.807) is 0 Å². The van der Waals surface area contributed by atoms with E-state index in [2.05, 4.69) is 15.3 Å². The van der Waals surface area contributed by atoms with Crippen molar-refractivity contribution in [3.8, 4) is 0 Å². The first-order valence-corrected chi connectivity index (χ1v) is 7.60. The normalized spacial score (nSPS) is 19.8. The molecular weight excluding hydrogens is 294 g/mol. The molecule has 0 bridgehead atoms. The Morgan fingerprint density at radius 2 is 1.74 bits per heavy atom. The van der Waals surface area contributed by atoms with Crippen LogP contribution in [0.15, 0.2) is 51.2 Å². The van der Waals surface area contributed by atoms with Gasteiger partial charge in [-0.3, -0.25) is 19.6 Å². The van der Waals surface area contributed by atoms with Gasteiger partial charge < -0.3 is 5.32 Å². The quantitative estimate of drug-likeness (QED) is 0.746. The van der Waals surface area contributed by atoms with Crippen molar-refractivity contribution in [3.05, 3.63) is 73.6 Å². The lowest BCUT2D eigenvalue weighted by Gasteiger charge is -2.32. The van der Waals surface area contributed by atoms with Crippen molar-refractivity contribution in [3.63, 3.8) is 0 Å². The van der Waals surface area contributed by atoms with Crippen LogP contribution in [0.1, 0.15) is 36.3 Å². The van der Waals surface area contributed by atoms with Crippen molar-refractivity contribution in [1.29, 1.82) is 0 Å². The summed E-state index contributed by atoms with van der Waals surface area (Å²) in [6, 6.07) is 9.45. The molecule has 3 N–H and O–H groups in total. The van der Waals surface area contributed by atoms with Gasteiger partial charge in [0.1, 0.15) is 5.82 Å². The first-order chi connectivity index (χ1) is 11.1. The number of aromatic nitrogens is 2. The van der Waals surface area contributed by atoms with Gasteiger partial charge in [-0.25, -0.2) is 4.79 Å². The van der Waals surface area contributed by atoms with E-state index < -0.39 is 17.2 Å². The van der Waals surface area contributed by atoms with Gasteiger partial charge in [0, 0.05) is 23.6 Å². The molecule has 1 aliphatic carbocycles. The molecule has 0 saturated carbocycles. The number of carbonyl (C=O) groups excluding carboxylic acids is 1. The Kier molecular flexibility index (Phi) is 3.04. The Morgan fingerprint density at radius 3 is 2.52 bits per heavy atom. The summed E-state index contributed by atoms with van der Waals surface area (Å²) in [5, 5.41) is 3.09. The predicted molar refractivity (Wildman–Crippen MR) is 85.5 cm³/mol. The summed E-state index contributed by atoms with van der Waals surface area (Å²) in [5.74, 6) is 0.000700. The number of anilines is 1. The van der Waals surface area contributed by atoms with E-state index in [4.69, 9.17) is 0 Å². The van der Waals surface area contributed by atoms with Gasteiger partial charge in [-0.15, -0.1) is 0 Å². The summed E-state index contributed by atoms with van der Waals surface area (Å²) in [6.45, 7) is 0. The standard InChI is InChI=1S/C17H15N3O3/c21-11-8-4-7-10-13(11)12(9-5-2-1-3-6-9)14-15(18-10)19-17(23)20-16(14)22/h1-3,5-6,12H,4,7-8H2,(H3,18,19,20,22,23)/t12-/m1/s1. The zero-order valence-electron chi connectivity index (χ0n) is 12.3. The highest BCUT2D eigenvalue weighted by atomic mass is 16.2. The average molecular weight is 309 g/mol. The van der Waals surface area contributed by atoms with E-state index in [0.29, 0.717) is 23.4 Å². The molecule has 23 heavy (non-hydrogen) atoms. The van der Waals surface area contributed by atoms with Gasteiger partial charge in [0.05, 0.1) is 5.56 Å². The summed E-state index contributed by atoms with van der Waals surface area (Å²) in [7, 11) is 0. The topological polar surface area (TPSA) is 94.8 Å². The minimum absolute atomic E-state index is 0.0591. The van der Waals surface area contributed by atoms with Crippen LogP contribution >= 0.6 is 0 Å². The first-order valence-electron chi connectivity index (χ1n) is 7.60. The molecule has 0 radical (unpaired) electrons. The van der Waals surface area contributed by atoms with Crippen molar-refractivity contribution in [2.75, 3.05) is 5.32 Å². The zero-order valence-corrected chi connectivity index (χ0v) is 12.3. The molecular formula is C17H15N3O3.